The van der Waals surface area contributed by atoms with Crippen molar-refractivity contribution in [2.45, 2.75) is 31.5 Å². The molecule has 2 fully saturated rings. The van der Waals surface area contributed by atoms with E-state index in [1.165, 1.54) is 31.0 Å². The Morgan fingerprint density at radius 3 is 2.68 bits per heavy atom. The van der Waals surface area contributed by atoms with Crippen LogP contribution in [0.4, 0.5) is 13.2 Å². The molecule has 2 aromatic rings. The molecule has 2 heterocycles. The standard InChI is InChI=1S/C21H22F3N3O4/c22-21(23,24)14-3-1-2-13(8-14)18-9-17(26-31-18)19(28)25-16-6-7-27(10-12-4-5-12)11-15(16)20(29)30/h1-3,8-9,12,15-16H,4-7,10-11H2,(H,25,28)(H,29,30)/t15-,16-/m1/s1. The van der Waals surface area contributed by atoms with Crippen molar-refractivity contribution in [3.8, 4) is 11.3 Å². The van der Waals surface area contributed by atoms with E-state index in [9.17, 15) is 27.9 Å². The smallest absolute Gasteiger partial charge is 0.416 e. The van der Waals surface area contributed by atoms with Gasteiger partial charge in [-0.2, -0.15) is 13.2 Å². The summed E-state index contributed by atoms with van der Waals surface area (Å²) >= 11 is 0. The summed E-state index contributed by atoms with van der Waals surface area (Å²) in [6, 6.07) is 5.21. The Hall–Kier alpha value is -2.88. The number of nitrogens with zero attached hydrogens (tertiary/aromatic N) is 2. The number of rotatable bonds is 6. The lowest BCUT2D eigenvalue weighted by molar-refractivity contribution is -0.144. The second-order valence-electron chi connectivity index (χ2n) is 8.17. The fourth-order valence-electron chi connectivity index (χ4n) is 3.88. The van der Waals surface area contributed by atoms with Crippen molar-refractivity contribution >= 4 is 11.9 Å². The van der Waals surface area contributed by atoms with E-state index in [2.05, 4.69) is 15.4 Å². The van der Waals surface area contributed by atoms with Crippen LogP contribution in [0.5, 0.6) is 0 Å². The largest absolute Gasteiger partial charge is 0.481 e. The van der Waals surface area contributed by atoms with Gasteiger partial charge in [0, 0.05) is 37.3 Å². The molecule has 2 N–H and O–H groups in total. The Morgan fingerprint density at radius 2 is 2.00 bits per heavy atom. The molecule has 1 aromatic heterocycles. The third-order valence-electron chi connectivity index (χ3n) is 5.76. The van der Waals surface area contributed by atoms with Gasteiger partial charge in [0.05, 0.1) is 11.5 Å². The van der Waals surface area contributed by atoms with Gasteiger partial charge in [-0.1, -0.05) is 17.3 Å². The van der Waals surface area contributed by atoms with Crippen molar-refractivity contribution in [2.24, 2.45) is 11.8 Å². The zero-order valence-electron chi connectivity index (χ0n) is 16.6. The quantitative estimate of drug-likeness (QED) is 0.720. The van der Waals surface area contributed by atoms with Crippen molar-refractivity contribution < 1.29 is 32.4 Å². The number of aliphatic carboxylic acids is 1. The third kappa shape index (κ3) is 5.07. The monoisotopic (exact) mass is 437 g/mol. The number of hydrogen-bond donors (Lipinski definition) is 2. The first-order chi connectivity index (χ1) is 14.7. The Morgan fingerprint density at radius 1 is 1.23 bits per heavy atom. The molecule has 0 spiro atoms. The first-order valence-electron chi connectivity index (χ1n) is 10.1. The summed E-state index contributed by atoms with van der Waals surface area (Å²) in [5.74, 6) is -1.67. The molecule has 10 heteroatoms. The highest BCUT2D eigenvalue weighted by atomic mass is 19.4. The number of nitrogens with one attached hydrogen (secondary N) is 1. The molecule has 1 amide bonds. The molecule has 1 aliphatic carbocycles. The predicted octanol–water partition coefficient (Wildman–Crippen LogP) is 3.28. The summed E-state index contributed by atoms with van der Waals surface area (Å²) in [4.78, 5) is 26.5. The van der Waals surface area contributed by atoms with E-state index in [4.69, 9.17) is 4.52 Å². The summed E-state index contributed by atoms with van der Waals surface area (Å²) in [6.45, 7) is 1.94. The second-order valence-corrected chi connectivity index (χ2v) is 8.17. The molecule has 2 aliphatic rings. The number of hydrogen-bond acceptors (Lipinski definition) is 5. The minimum Gasteiger partial charge on any atom is -0.481 e. The zero-order chi connectivity index (χ0) is 22.2. The first-order valence-corrected chi connectivity index (χ1v) is 10.1. The van der Waals surface area contributed by atoms with Crippen LogP contribution >= 0.6 is 0 Å². The van der Waals surface area contributed by atoms with E-state index in [0.717, 1.165) is 18.7 Å². The molecular formula is C21H22F3N3O4. The molecule has 4 rings (SSSR count). The number of aromatic nitrogens is 1. The fourth-order valence-corrected chi connectivity index (χ4v) is 3.88. The molecule has 0 bridgehead atoms. The average Bonchev–Trinajstić information content (AvgIpc) is 3.39. The van der Waals surface area contributed by atoms with Gasteiger partial charge >= 0.3 is 12.1 Å². The van der Waals surface area contributed by atoms with Gasteiger partial charge in [-0.3, -0.25) is 9.59 Å². The number of piperidine rings is 1. The van der Waals surface area contributed by atoms with E-state index < -0.39 is 35.6 Å². The second kappa shape index (κ2) is 8.33. The number of benzene rings is 1. The molecule has 1 aromatic carbocycles. The molecular weight excluding hydrogens is 415 g/mol. The minimum absolute atomic E-state index is 0.0188. The van der Waals surface area contributed by atoms with Crippen LogP contribution in [-0.2, 0) is 11.0 Å². The normalized spacial score (nSPS) is 22.3. The van der Waals surface area contributed by atoms with Gasteiger partial charge in [-0.05, 0) is 37.3 Å². The maximum atomic E-state index is 12.9. The summed E-state index contributed by atoms with van der Waals surface area (Å²) in [5.41, 5.74) is -0.815. The van der Waals surface area contributed by atoms with E-state index in [1.807, 2.05) is 0 Å². The SMILES string of the molecule is O=C(N[C@@H]1CCN(CC2CC2)C[C@H]1C(=O)O)c1cc(-c2cccc(C(F)(F)F)c2)on1. The van der Waals surface area contributed by atoms with Crippen LogP contribution in [-0.4, -0.2) is 52.7 Å². The van der Waals surface area contributed by atoms with Crippen molar-refractivity contribution in [3.05, 3.63) is 41.6 Å². The third-order valence-corrected chi connectivity index (χ3v) is 5.76. The van der Waals surface area contributed by atoms with Gasteiger partial charge in [0.2, 0.25) is 0 Å². The molecule has 1 saturated heterocycles. The Labute approximate surface area is 176 Å². The number of carboxylic acid groups (broad SMARTS) is 1. The van der Waals surface area contributed by atoms with Gasteiger partial charge in [0.1, 0.15) is 0 Å². The Balaban J connectivity index is 1.43. The van der Waals surface area contributed by atoms with Crippen molar-refractivity contribution in [1.82, 2.24) is 15.4 Å². The van der Waals surface area contributed by atoms with Crippen LogP contribution in [0.1, 0.15) is 35.3 Å². The van der Waals surface area contributed by atoms with E-state index in [-0.39, 0.29) is 17.0 Å². The van der Waals surface area contributed by atoms with E-state index in [0.29, 0.717) is 25.4 Å². The molecule has 0 unspecified atom stereocenters. The van der Waals surface area contributed by atoms with Crippen LogP contribution in [0, 0.1) is 11.8 Å². The van der Waals surface area contributed by atoms with Crippen molar-refractivity contribution in [3.63, 3.8) is 0 Å². The van der Waals surface area contributed by atoms with Crippen molar-refractivity contribution in [2.75, 3.05) is 19.6 Å². The highest BCUT2D eigenvalue weighted by Gasteiger charge is 2.37. The van der Waals surface area contributed by atoms with Crippen LogP contribution < -0.4 is 5.32 Å². The highest BCUT2D eigenvalue weighted by Crippen LogP contribution is 2.33. The molecule has 7 nitrogen and oxygen atoms in total. The fraction of sp³-hybridized carbons (Fsp3) is 0.476. The average molecular weight is 437 g/mol. The molecule has 1 saturated carbocycles. The first kappa shape index (κ1) is 21.4. The lowest BCUT2D eigenvalue weighted by Crippen LogP contribution is -2.53. The summed E-state index contributed by atoms with van der Waals surface area (Å²) in [6.07, 6.45) is -1.66. The lowest BCUT2D eigenvalue weighted by Gasteiger charge is -2.36. The zero-order valence-corrected chi connectivity index (χ0v) is 16.6. The number of carboxylic acids is 1. The maximum absolute atomic E-state index is 12.9. The molecule has 0 radical (unpaired) electrons. The highest BCUT2D eigenvalue weighted by molar-refractivity contribution is 5.93. The molecule has 31 heavy (non-hydrogen) atoms. The van der Waals surface area contributed by atoms with Gasteiger partial charge in [-0.25, -0.2) is 0 Å². The Bertz CT molecular complexity index is 971. The number of amides is 1. The Kier molecular flexibility index (Phi) is 5.74. The summed E-state index contributed by atoms with van der Waals surface area (Å²) < 4.78 is 43.8. The number of carbonyl (C=O) groups is 2. The molecule has 166 valence electrons. The number of likely N-dealkylation sites (tertiary alicyclic amines) is 1. The van der Waals surface area contributed by atoms with E-state index >= 15 is 0 Å². The van der Waals surface area contributed by atoms with Crippen molar-refractivity contribution in [1.29, 1.82) is 0 Å². The minimum atomic E-state index is -4.50. The van der Waals surface area contributed by atoms with Crippen LogP contribution in [0.15, 0.2) is 34.9 Å². The summed E-state index contributed by atoms with van der Waals surface area (Å²) in [5, 5.41) is 16.0. The van der Waals surface area contributed by atoms with Gasteiger partial charge in [0.25, 0.3) is 5.91 Å². The maximum Gasteiger partial charge on any atom is 0.416 e. The number of carbonyl (C=O) groups excluding carboxylic acids is 1. The van der Waals surface area contributed by atoms with Gasteiger partial charge < -0.3 is 19.8 Å². The molecule has 1 aliphatic heterocycles. The van der Waals surface area contributed by atoms with Crippen LogP contribution in [0.25, 0.3) is 11.3 Å². The number of halogens is 3. The van der Waals surface area contributed by atoms with Crippen LogP contribution in [0.2, 0.25) is 0 Å². The van der Waals surface area contributed by atoms with Gasteiger partial charge in [0.15, 0.2) is 11.5 Å². The topological polar surface area (TPSA) is 95.7 Å². The van der Waals surface area contributed by atoms with Crippen LogP contribution in [0.3, 0.4) is 0 Å². The number of alkyl halides is 3. The molecule has 2 atom stereocenters. The summed E-state index contributed by atoms with van der Waals surface area (Å²) in [7, 11) is 0. The van der Waals surface area contributed by atoms with E-state index in [1.54, 1.807) is 0 Å². The lowest BCUT2D eigenvalue weighted by atomic mass is 9.91. The predicted molar refractivity (Wildman–Crippen MR) is 103 cm³/mol. The van der Waals surface area contributed by atoms with Gasteiger partial charge in [-0.15, -0.1) is 0 Å².